The molecule has 0 bridgehead atoms. The van der Waals surface area contributed by atoms with Crippen molar-refractivity contribution in [1.29, 1.82) is 0 Å². The van der Waals surface area contributed by atoms with Crippen molar-refractivity contribution in [2.75, 3.05) is 5.32 Å². The fraction of sp³-hybridized carbons (Fsp3) is 0.529. The molecule has 2 aromatic rings. The van der Waals surface area contributed by atoms with Crippen molar-refractivity contribution in [3.8, 4) is 0 Å². The third-order valence-electron chi connectivity index (χ3n) is 9.09. The molecule has 2 aromatic carbocycles. The molecule has 0 amide bonds. The number of aryl methyl sites for hydroxylation is 1. The zero-order valence-electron chi connectivity index (χ0n) is 23.4. The highest BCUT2D eigenvalue weighted by Gasteiger charge is 2.33. The summed E-state index contributed by atoms with van der Waals surface area (Å²) in [7, 11) is 0. The van der Waals surface area contributed by atoms with E-state index in [4.69, 9.17) is 0 Å². The largest absolute Gasteiger partial charge is 0.382 e. The first-order valence-corrected chi connectivity index (χ1v) is 14.5. The molecule has 8 unspecified atom stereocenters. The Kier molecular flexibility index (Phi) is 9.12. The Morgan fingerprint density at radius 2 is 1.39 bits per heavy atom. The normalized spacial score (nSPS) is 26.4. The molecule has 0 aromatic heterocycles. The van der Waals surface area contributed by atoms with E-state index >= 15 is 0 Å². The number of nitrogens with one attached hydrogen (secondary N) is 2. The summed E-state index contributed by atoms with van der Waals surface area (Å²) in [5.41, 5.74) is 2.62. The summed E-state index contributed by atoms with van der Waals surface area (Å²) in [6, 6.07) is 14.8. The molecule has 0 heterocycles. The Hall–Kier alpha value is -2.32. The van der Waals surface area contributed by atoms with Crippen LogP contribution in [0.5, 0.6) is 0 Å². The number of hydrogen-bond donors (Lipinski definition) is 2. The first kappa shape index (κ1) is 26.7. The van der Waals surface area contributed by atoms with Gasteiger partial charge in [-0.15, -0.1) is 0 Å². The topological polar surface area (TPSA) is 24.1 Å². The van der Waals surface area contributed by atoms with Crippen LogP contribution in [0.25, 0.3) is 10.8 Å². The van der Waals surface area contributed by atoms with E-state index < -0.39 is 0 Å². The molecule has 0 saturated carbocycles. The number of hydrogen-bond acceptors (Lipinski definition) is 2. The Labute approximate surface area is 220 Å². The minimum absolute atomic E-state index is 0.442. The van der Waals surface area contributed by atoms with Crippen LogP contribution in [0, 0.1) is 36.5 Å². The molecule has 0 fully saturated rings. The van der Waals surface area contributed by atoms with E-state index in [1.54, 1.807) is 0 Å². The van der Waals surface area contributed by atoms with Crippen LogP contribution in [0.1, 0.15) is 65.9 Å². The Bertz CT molecular complexity index is 1080. The molecule has 0 radical (unpaired) electrons. The van der Waals surface area contributed by atoms with Crippen molar-refractivity contribution < 1.29 is 0 Å². The number of fused-ring (bicyclic) bond motifs is 2. The first-order valence-electron chi connectivity index (χ1n) is 14.5. The summed E-state index contributed by atoms with van der Waals surface area (Å²) in [5, 5.41) is 10.7. The molecular weight excluding hydrogens is 436 g/mol. The van der Waals surface area contributed by atoms with Crippen LogP contribution in [0.3, 0.4) is 0 Å². The third kappa shape index (κ3) is 5.97. The van der Waals surface area contributed by atoms with Gasteiger partial charge in [0.25, 0.3) is 0 Å². The minimum Gasteiger partial charge on any atom is -0.382 e. The highest BCUT2D eigenvalue weighted by molar-refractivity contribution is 5.96. The maximum Gasteiger partial charge on any atom is 0.0422 e. The second-order valence-corrected chi connectivity index (χ2v) is 11.5. The molecule has 2 N–H and O–H groups in total. The van der Waals surface area contributed by atoms with Gasteiger partial charge in [0.1, 0.15) is 0 Å². The maximum atomic E-state index is 4.07. The van der Waals surface area contributed by atoms with Crippen LogP contribution < -0.4 is 10.6 Å². The van der Waals surface area contributed by atoms with Crippen molar-refractivity contribution in [3.63, 3.8) is 0 Å². The lowest BCUT2D eigenvalue weighted by Crippen LogP contribution is -2.48. The maximum absolute atomic E-state index is 4.07. The first-order chi connectivity index (χ1) is 17.4. The second-order valence-electron chi connectivity index (χ2n) is 11.5. The minimum atomic E-state index is 0.442. The zero-order valence-corrected chi connectivity index (χ0v) is 23.4. The highest BCUT2D eigenvalue weighted by Crippen LogP contribution is 2.35. The fourth-order valence-electron chi connectivity index (χ4n) is 6.53. The standard InChI is InChI=1S/C34H48N2/c1-7-31(35-33-21-19-23(3)27-13-9-11-15-29(27)33)25(5)17-18-26(6)32(8-2)36-34-22-20-24(4)28-14-10-12-16-30(28)34/h9-16,19-23,25-27,29,31-33,35-36H,7-8,17-18H2,1-6H3. The van der Waals surface area contributed by atoms with Gasteiger partial charge in [-0.3, -0.25) is 0 Å². The summed E-state index contributed by atoms with van der Waals surface area (Å²) in [6.07, 6.45) is 19.0. The predicted molar refractivity (Wildman–Crippen MR) is 159 cm³/mol. The average Bonchev–Trinajstić information content (AvgIpc) is 2.91. The molecule has 194 valence electrons. The Morgan fingerprint density at radius 1 is 0.750 bits per heavy atom. The number of rotatable bonds is 11. The van der Waals surface area contributed by atoms with Crippen LogP contribution in [0.15, 0.2) is 72.9 Å². The molecule has 2 nitrogen and oxygen atoms in total. The summed E-state index contributed by atoms with van der Waals surface area (Å²) in [6.45, 7) is 14.1. The van der Waals surface area contributed by atoms with Crippen LogP contribution in [-0.2, 0) is 0 Å². The third-order valence-corrected chi connectivity index (χ3v) is 9.09. The monoisotopic (exact) mass is 484 g/mol. The van der Waals surface area contributed by atoms with Crippen LogP contribution in [0.4, 0.5) is 5.69 Å². The van der Waals surface area contributed by atoms with Gasteiger partial charge in [-0.05, 0) is 73.3 Å². The smallest absolute Gasteiger partial charge is 0.0422 e. The number of benzene rings is 2. The molecule has 4 rings (SSSR count). The van der Waals surface area contributed by atoms with Gasteiger partial charge in [0, 0.05) is 35.1 Å². The van der Waals surface area contributed by atoms with Crippen molar-refractivity contribution in [1.82, 2.24) is 5.32 Å². The van der Waals surface area contributed by atoms with Crippen LogP contribution in [-0.4, -0.2) is 18.1 Å². The van der Waals surface area contributed by atoms with E-state index in [9.17, 15) is 0 Å². The summed E-state index contributed by atoms with van der Waals surface area (Å²) in [5.74, 6) is 3.11. The van der Waals surface area contributed by atoms with Gasteiger partial charge in [0.15, 0.2) is 0 Å². The molecule has 36 heavy (non-hydrogen) atoms. The van der Waals surface area contributed by atoms with Crippen molar-refractivity contribution in [2.24, 2.45) is 29.6 Å². The lowest BCUT2D eigenvalue weighted by Gasteiger charge is -2.40. The van der Waals surface area contributed by atoms with Crippen molar-refractivity contribution >= 4 is 16.5 Å². The molecule has 2 aliphatic carbocycles. The van der Waals surface area contributed by atoms with Gasteiger partial charge in [-0.1, -0.05) is 101 Å². The van der Waals surface area contributed by atoms with Crippen molar-refractivity contribution in [3.05, 3.63) is 78.4 Å². The van der Waals surface area contributed by atoms with Crippen LogP contribution in [0.2, 0.25) is 0 Å². The second kappa shape index (κ2) is 12.3. The highest BCUT2D eigenvalue weighted by atomic mass is 15.0. The van der Waals surface area contributed by atoms with E-state index in [0.29, 0.717) is 47.7 Å². The van der Waals surface area contributed by atoms with Gasteiger partial charge in [0.05, 0.1) is 0 Å². The van der Waals surface area contributed by atoms with E-state index in [0.717, 1.165) is 6.42 Å². The number of anilines is 1. The quantitative estimate of drug-likeness (QED) is 0.312. The zero-order chi connectivity index (χ0) is 25.7. The Balaban J connectivity index is 1.35. The van der Waals surface area contributed by atoms with Gasteiger partial charge >= 0.3 is 0 Å². The molecule has 2 aliphatic rings. The van der Waals surface area contributed by atoms with E-state index in [1.165, 1.54) is 41.3 Å². The SMILES string of the molecule is CCC(Nc1ccc(C)c2ccccc12)C(C)CCC(C)C(CC)NC1C=CC(C)C2C=CC=CC12. The van der Waals surface area contributed by atoms with E-state index in [2.05, 4.69) is 125 Å². The Morgan fingerprint density at radius 3 is 2.08 bits per heavy atom. The molecule has 2 heteroatoms. The molecular formula is C34H48N2. The molecule has 0 spiro atoms. The molecule has 0 saturated heterocycles. The summed E-state index contributed by atoms with van der Waals surface area (Å²) < 4.78 is 0. The summed E-state index contributed by atoms with van der Waals surface area (Å²) in [4.78, 5) is 0. The predicted octanol–water partition coefficient (Wildman–Crippen LogP) is 8.69. The van der Waals surface area contributed by atoms with E-state index in [-0.39, 0.29) is 0 Å². The fourth-order valence-corrected chi connectivity index (χ4v) is 6.53. The van der Waals surface area contributed by atoms with Crippen LogP contribution >= 0.6 is 0 Å². The van der Waals surface area contributed by atoms with Crippen molar-refractivity contribution in [2.45, 2.75) is 85.4 Å². The van der Waals surface area contributed by atoms with E-state index in [1.807, 2.05) is 0 Å². The van der Waals surface area contributed by atoms with Gasteiger partial charge in [-0.25, -0.2) is 0 Å². The lowest BCUT2D eigenvalue weighted by atomic mass is 9.72. The van der Waals surface area contributed by atoms with Gasteiger partial charge in [0.2, 0.25) is 0 Å². The average molecular weight is 485 g/mol. The number of allylic oxidation sites excluding steroid dienone is 4. The lowest BCUT2D eigenvalue weighted by molar-refractivity contribution is 0.247. The van der Waals surface area contributed by atoms with Gasteiger partial charge < -0.3 is 10.6 Å². The summed E-state index contributed by atoms with van der Waals surface area (Å²) >= 11 is 0. The molecule has 0 aliphatic heterocycles. The molecule has 8 atom stereocenters. The van der Waals surface area contributed by atoms with Gasteiger partial charge in [-0.2, -0.15) is 0 Å².